The Morgan fingerprint density at radius 1 is 1.00 bits per heavy atom. The molecule has 0 saturated carbocycles. The fourth-order valence-electron chi connectivity index (χ4n) is 4.84. The van der Waals surface area contributed by atoms with E-state index in [4.69, 9.17) is 9.31 Å². The summed E-state index contributed by atoms with van der Waals surface area (Å²) in [6.45, 7) is 8.13. The Labute approximate surface area is 168 Å². The van der Waals surface area contributed by atoms with Gasteiger partial charge in [-0.1, -0.05) is 30.7 Å². The van der Waals surface area contributed by atoms with Gasteiger partial charge in [0.05, 0.1) is 27.3 Å². The van der Waals surface area contributed by atoms with Crippen LogP contribution in [0.1, 0.15) is 65.4 Å². The molecule has 3 aliphatic heterocycles. The van der Waals surface area contributed by atoms with Crippen molar-refractivity contribution in [2.75, 3.05) is 0 Å². The third-order valence-electron chi connectivity index (χ3n) is 7.24. The molecule has 0 aromatic heterocycles. The molecule has 3 aliphatic rings. The van der Waals surface area contributed by atoms with E-state index in [2.05, 4.69) is 0 Å². The topological polar surface area (TPSA) is 72.8 Å². The molecule has 0 amide bonds. The first kappa shape index (κ1) is 20.4. The van der Waals surface area contributed by atoms with Crippen LogP contribution in [0.25, 0.3) is 0 Å². The van der Waals surface area contributed by atoms with Crippen molar-refractivity contribution < 1.29 is 22.8 Å². The van der Waals surface area contributed by atoms with Gasteiger partial charge in [-0.2, -0.15) is 0 Å². The summed E-state index contributed by atoms with van der Waals surface area (Å²) in [5.74, 6) is 0. The lowest BCUT2D eigenvalue weighted by atomic mass is 9.77. The third kappa shape index (κ3) is 3.44. The number of sulfone groups is 1. The fourth-order valence-corrected chi connectivity index (χ4v) is 7.46. The summed E-state index contributed by atoms with van der Waals surface area (Å²) in [5.41, 5.74) is 0.276. The lowest BCUT2D eigenvalue weighted by molar-refractivity contribution is 0.00578. The molecule has 3 heterocycles. The first-order chi connectivity index (χ1) is 12.9. The van der Waals surface area contributed by atoms with Gasteiger partial charge < -0.3 is 14.4 Å². The van der Waals surface area contributed by atoms with Crippen LogP contribution in [0, 0.1) is 0 Å². The standard InChI is InChI=1S/C21H31BO5S/c1-19(2)20(3,4)27-22(26-19)16-10-8-15(9-11-16)12-21(23)13-17-6-5-7-18(14-21)28(17,24)25/h8-11,17-18,23H,5-7,12-14H2,1-4H3. The van der Waals surface area contributed by atoms with Crippen LogP contribution in [0.2, 0.25) is 0 Å². The molecule has 3 saturated heterocycles. The number of fused-ring (bicyclic) bond motifs is 2. The zero-order chi connectivity index (χ0) is 20.4. The van der Waals surface area contributed by atoms with Gasteiger partial charge in [0.15, 0.2) is 9.84 Å². The van der Waals surface area contributed by atoms with Crippen molar-refractivity contribution in [3.63, 3.8) is 0 Å². The molecule has 0 spiro atoms. The first-order valence-electron chi connectivity index (χ1n) is 10.3. The van der Waals surface area contributed by atoms with E-state index in [0.717, 1.165) is 17.4 Å². The van der Waals surface area contributed by atoms with Gasteiger partial charge in [0, 0.05) is 6.42 Å². The maximum atomic E-state index is 12.5. The maximum absolute atomic E-state index is 12.5. The van der Waals surface area contributed by atoms with Crippen LogP contribution in [0.3, 0.4) is 0 Å². The molecule has 2 unspecified atom stereocenters. The van der Waals surface area contributed by atoms with Crippen molar-refractivity contribution in [3.05, 3.63) is 29.8 Å². The SMILES string of the molecule is CC1(C)OB(c2ccc(CC3(O)CC4CCCC(C3)S4(=O)=O)cc2)OC1(C)C. The summed E-state index contributed by atoms with van der Waals surface area (Å²) in [4.78, 5) is 0. The van der Waals surface area contributed by atoms with E-state index in [1.54, 1.807) is 0 Å². The Hall–Kier alpha value is -0.885. The van der Waals surface area contributed by atoms with Crippen LogP contribution in [-0.4, -0.2) is 47.9 Å². The van der Waals surface area contributed by atoms with Crippen molar-refractivity contribution in [2.45, 2.75) is 93.5 Å². The molecule has 0 aliphatic carbocycles. The average molecular weight is 406 g/mol. The Balaban J connectivity index is 1.47. The zero-order valence-corrected chi connectivity index (χ0v) is 18.1. The van der Waals surface area contributed by atoms with Gasteiger partial charge in [-0.05, 0) is 64.4 Å². The highest BCUT2D eigenvalue weighted by Gasteiger charge is 2.52. The number of aliphatic hydroxyl groups is 1. The van der Waals surface area contributed by atoms with E-state index in [0.29, 0.717) is 32.1 Å². The summed E-state index contributed by atoms with van der Waals surface area (Å²) in [7, 11) is -3.46. The Kier molecular flexibility index (Phi) is 4.78. The highest BCUT2D eigenvalue weighted by molar-refractivity contribution is 7.92. The van der Waals surface area contributed by atoms with E-state index in [1.165, 1.54) is 0 Å². The van der Waals surface area contributed by atoms with Crippen molar-refractivity contribution in [1.82, 2.24) is 0 Å². The molecule has 2 bridgehead atoms. The minimum Gasteiger partial charge on any atom is -0.399 e. The normalized spacial score (nSPS) is 35.7. The third-order valence-corrected chi connectivity index (χ3v) is 9.90. The van der Waals surface area contributed by atoms with Crippen LogP contribution in [0.4, 0.5) is 0 Å². The van der Waals surface area contributed by atoms with Crippen LogP contribution in [0.15, 0.2) is 24.3 Å². The molecule has 0 radical (unpaired) electrons. The Morgan fingerprint density at radius 2 is 1.50 bits per heavy atom. The van der Waals surface area contributed by atoms with Gasteiger partial charge in [0.2, 0.25) is 0 Å². The number of hydrogen-bond donors (Lipinski definition) is 1. The van der Waals surface area contributed by atoms with Crippen molar-refractivity contribution in [1.29, 1.82) is 0 Å². The zero-order valence-electron chi connectivity index (χ0n) is 17.3. The minimum atomic E-state index is -3.06. The molecule has 3 fully saturated rings. The fraction of sp³-hybridized carbons (Fsp3) is 0.714. The van der Waals surface area contributed by atoms with Gasteiger partial charge in [-0.25, -0.2) is 8.42 Å². The van der Waals surface area contributed by atoms with Crippen LogP contribution < -0.4 is 5.46 Å². The van der Waals surface area contributed by atoms with E-state index >= 15 is 0 Å². The van der Waals surface area contributed by atoms with E-state index in [1.807, 2.05) is 52.0 Å². The summed E-state index contributed by atoms with van der Waals surface area (Å²) >= 11 is 0. The molecule has 2 atom stereocenters. The molecule has 1 aromatic rings. The first-order valence-corrected chi connectivity index (χ1v) is 11.9. The molecule has 154 valence electrons. The van der Waals surface area contributed by atoms with E-state index in [-0.39, 0.29) is 21.7 Å². The number of rotatable bonds is 3. The molecular formula is C21H31BO5S. The second-order valence-electron chi connectivity index (χ2n) is 9.90. The maximum Gasteiger partial charge on any atom is 0.494 e. The molecule has 28 heavy (non-hydrogen) atoms. The molecule has 7 heteroatoms. The predicted molar refractivity (Wildman–Crippen MR) is 110 cm³/mol. The highest BCUT2D eigenvalue weighted by atomic mass is 32.2. The quantitative estimate of drug-likeness (QED) is 0.781. The number of hydrogen-bond acceptors (Lipinski definition) is 5. The molecule has 5 nitrogen and oxygen atoms in total. The van der Waals surface area contributed by atoms with Crippen LogP contribution in [-0.2, 0) is 25.6 Å². The van der Waals surface area contributed by atoms with E-state index in [9.17, 15) is 13.5 Å². The summed E-state index contributed by atoms with van der Waals surface area (Å²) in [5, 5.41) is 10.4. The average Bonchev–Trinajstić information content (AvgIpc) is 2.78. The molecule has 1 N–H and O–H groups in total. The van der Waals surface area contributed by atoms with Crippen molar-refractivity contribution >= 4 is 22.4 Å². The molecular weight excluding hydrogens is 375 g/mol. The molecule has 1 aromatic carbocycles. The largest absolute Gasteiger partial charge is 0.494 e. The number of benzene rings is 1. The van der Waals surface area contributed by atoms with Crippen molar-refractivity contribution in [2.24, 2.45) is 0 Å². The monoisotopic (exact) mass is 406 g/mol. The van der Waals surface area contributed by atoms with Gasteiger partial charge in [0.1, 0.15) is 0 Å². The highest BCUT2D eigenvalue weighted by Crippen LogP contribution is 2.42. The summed E-state index contributed by atoms with van der Waals surface area (Å²) in [6, 6.07) is 7.97. The smallest absolute Gasteiger partial charge is 0.399 e. The van der Waals surface area contributed by atoms with Gasteiger partial charge in [-0.3, -0.25) is 0 Å². The van der Waals surface area contributed by atoms with Gasteiger partial charge in [0.25, 0.3) is 0 Å². The minimum absolute atomic E-state index is 0.352. The van der Waals surface area contributed by atoms with Gasteiger partial charge >= 0.3 is 7.12 Å². The second kappa shape index (κ2) is 6.56. The Morgan fingerprint density at radius 3 is 2.00 bits per heavy atom. The lowest BCUT2D eigenvalue weighted by Gasteiger charge is -2.44. The van der Waals surface area contributed by atoms with Crippen LogP contribution >= 0.6 is 0 Å². The Bertz CT molecular complexity index is 810. The summed E-state index contributed by atoms with van der Waals surface area (Å²) in [6.07, 6.45) is 3.51. The second-order valence-corrected chi connectivity index (χ2v) is 12.4. The molecule has 4 rings (SSSR count). The summed E-state index contributed by atoms with van der Waals surface area (Å²) < 4.78 is 37.2. The van der Waals surface area contributed by atoms with Crippen molar-refractivity contribution in [3.8, 4) is 0 Å². The lowest BCUT2D eigenvalue weighted by Crippen LogP contribution is -2.52. The van der Waals surface area contributed by atoms with Gasteiger partial charge in [-0.15, -0.1) is 0 Å². The predicted octanol–water partition coefficient (Wildman–Crippen LogP) is 2.39. The van der Waals surface area contributed by atoms with E-state index < -0.39 is 22.6 Å². The van der Waals surface area contributed by atoms with Crippen LogP contribution in [0.5, 0.6) is 0 Å².